The predicted octanol–water partition coefficient (Wildman–Crippen LogP) is 3.37. The molecule has 0 bridgehead atoms. The van der Waals surface area contributed by atoms with Crippen LogP contribution in [0.2, 0.25) is 0 Å². The molecule has 2 saturated heterocycles. The molecule has 0 aromatic carbocycles. The number of anilines is 1. The van der Waals surface area contributed by atoms with Gasteiger partial charge in [0.2, 0.25) is 5.91 Å². The van der Waals surface area contributed by atoms with Gasteiger partial charge in [0.05, 0.1) is 41.2 Å². The fraction of sp³-hybridized carbons (Fsp3) is 0.517. The fourth-order valence-corrected chi connectivity index (χ4v) is 7.19. The molecule has 13 heteroatoms. The van der Waals surface area contributed by atoms with Crippen molar-refractivity contribution in [2.75, 3.05) is 31.1 Å². The minimum Gasteiger partial charge on any atom is -0.372 e. The minimum atomic E-state index is -4.71. The van der Waals surface area contributed by atoms with Crippen LogP contribution >= 0.6 is 0 Å². The molecule has 3 fully saturated rings. The van der Waals surface area contributed by atoms with Gasteiger partial charge in [0, 0.05) is 43.8 Å². The Morgan fingerprint density at radius 1 is 1.10 bits per heavy atom. The zero-order valence-electron chi connectivity index (χ0n) is 23.5. The maximum atomic E-state index is 13.2. The second-order valence-electron chi connectivity index (χ2n) is 11.9. The number of piperidine rings is 1. The highest BCUT2D eigenvalue weighted by Crippen LogP contribution is 2.52. The predicted molar refractivity (Wildman–Crippen MR) is 153 cm³/mol. The van der Waals surface area contributed by atoms with Crippen molar-refractivity contribution in [3.05, 3.63) is 48.3 Å². The first-order chi connectivity index (χ1) is 20.0. The average Bonchev–Trinajstić information content (AvgIpc) is 3.69. The molecular formula is C29H34F2N6O4S. The van der Waals surface area contributed by atoms with Gasteiger partial charge >= 0.3 is 5.76 Å². The number of nitrogens with one attached hydrogen (secondary N) is 1. The van der Waals surface area contributed by atoms with E-state index in [0.717, 1.165) is 47.1 Å². The quantitative estimate of drug-likeness (QED) is 0.439. The zero-order chi connectivity index (χ0) is 29.6. The summed E-state index contributed by atoms with van der Waals surface area (Å²) in [5, 5.41) is 3.67. The molecule has 3 aromatic rings. The van der Waals surface area contributed by atoms with Crippen molar-refractivity contribution in [2.45, 2.75) is 63.5 Å². The van der Waals surface area contributed by atoms with Gasteiger partial charge < -0.3 is 15.0 Å². The highest BCUT2D eigenvalue weighted by atomic mass is 32.2. The van der Waals surface area contributed by atoms with E-state index in [-0.39, 0.29) is 43.0 Å². The number of amides is 1. The second-order valence-corrected chi connectivity index (χ2v) is 13.8. The van der Waals surface area contributed by atoms with Crippen molar-refractivity contribution in [3.63, 3.8) is 0 Å². The summed E-state index contributed by atoms with van der Waals surface area (Å²) in [5.41, 5.74) is 2.25. The maximum Gasteiger partial charge on any atom is 0.350 e. The van der Waals surface area contributed by atoms with E-state index in [2.05, 4.69) is 29.0 Å². The summed E-state index contributed by atoms with van der Waals surface area (Å²) in [6.07, 6.45) is 3.92. The number of carbonyl (C=O) groups is 1. The van der Waals surface area contributed by atoms with Gasteiger partial charge in [-0.1, -0.05) is 6.07 Å². The summed E-state index contributed by atoms with van der Waals surface area (Å²) in [6.45, 7) is 5.53. The van der Waals surface area contributed by atoms with Gasteiger partial charge in [-0.25, -0.2) is 18.4 Å². The van der Waals surface area contributed by atoms with Crippen LogP contribution in [0.3, 0.4) is 0 Å². The molecule has 1 saturated carbocycles. The molecule has 224 valence electrons. The van der Waals surface area contributed by atoms with E-state index < -0.39 is 21.8 Å². The summed E-state index contributed by atoms with van der Waals surface area (Å²) < 4.78 is 57.4. The number of ether oxygens (including phenoxy) is 1. The van der Waals surface area contributed by atoms with Crippen LogP contribution < -0.4 is 10.2 Å². The van der Waals surface area contributed by atoms with Crippen molar-refractivity contribution < 1.29 is 26.7 Å². The lowest BCUT2D eigenvalue weighted by molar-refractivity contribution is -0.121. The molecule has 1 amide bonds. The number of pyridine rings is 3. The lowest BCUT2D eigenvalue weighted by atomic mass is 9.92. The highest BCUT2D eigenvalue weighted by molar-refractivity contribution is 7.89. The van der Waals surface area contributed by atoms with Crippen molar-refractivity contribution in [3.8, 4) is 11.4 Å². The number of carbonyl (C=O) groups excluding carboxylic acids is 1. The molecular weight excluding hydrogens is 566 g/mol. The lowest BCUT2D eigenvalue weighted by Crippen LogP contribution is -2.54. The van der Waals surface area contributed by atoms with Gasteiger partial charge in [0.1, 0.15) is 5.82 Å². The number of nitrogens with zero attached hydrogens (tertiary/aromatic N) is 5. The summed E-state index contributed by atoms with van der Waals surface area (Å²) in [4.78, 5) is 29.2. The van der Waals surface area contributed by atoms with Gasteiger partial charge in [-0.05, 0) is 68.9 Å². The van der Waals surface area contributed by atoms with Crippen LogP contribution in [0.25, 0.3) is 22.3 Å². The smallest absolute Gasteiger partial charge is 0.350 e. The van der Waals surface area contributed by atoms with E-state index in [0.29, 0.717) is 23.3 Å². The molecule has 42 heavy (non-hydrogen) atoms. The fourth-order valence-electron chi connectivity index (χ4n) is 6.13. The number of sulfonamides is 1. The van der Waals surface area contributed by atoms with E-state index in [4.69, 9.17) is 14.7 Å². The van der Waals surface area contributed by atoms with Crippen LogP contribution in [-0.2, 0) is 26.0 Å². The van der Waals surface area contributed by atoms with Crippen LogP contribution in [0.5, 0.6) is 0 Å². The first-order valence-electron chi connectivity index (χ1n) is 14.2. The first kappa shape index (κ1) is 28.8. The SMILES string of the molecule is C[C@@H]1CN(c2cccc(-c3ccc4cnc(CC(=O)NC5CN(S(=O)(=O)C(F)F)CC6(CC6)C5)cc4n3)n2)C[C@H](C)O1. The third-order valence-corrected chi connectivity index (χ3v) is 9.68. The number of hydrogen-bond acceptors (Lipinski definition) is 8. The largest absolute Gasteiger partial charge is 0.372 e. The van der Waals surface area contributed by atoms with Crippen molar-refractivity contribution in [2.24, 2.45) is 5.41 Å². The van der Waals surface area contributed by atoms with Crippen LogP contribution in [0, 0.1) is 5.41 Å². The third-order valence-electron chi connectivity index (χ3n) is 8.23. The Hall–Kier alpha value is -3.29. The lowest BCUT2D eigenvalue weighted by Gasteiger charge is -2.37. The summed E-state index contributed by atoms with van der Waals surface area (Å²) in [6, 6.07) is 10.9. The van der Waals surface area contributed by atoms with Gasteiger partial charge in [-0.3, -0.25) is 9.78 Å². The van der Waals surface area contributed by atoms with Crippen molar-refractivity contribution >= 4 is 32.7 Å². The number of morpholine rings is 1. The number of aromatic nitrogens is 3. The number of halogens is 2. The molecule has 5 heterocycles. The molecule has 10 nitrogen and oxygen atoms in total. The summed E-state index contributed by atoms with van der Waals surface area (Å²) in [7, 11) is -4.71. The number of alkyl halides is 2. The third kappa shape index (κ3) is 6.09. The second kappa shape index (κ2) is 11.1. The Kier molecular flexibility index (Phi) is 7.60. The van der Waals surface area contributed by atoms with Gasteiger partial charge in [0.25, 0.3) is 10.0 Å². The maximum absolute atomic E-state index is 13.2. The Morgan fingerprint density at radius 3 is 2.55 bits per heavy atom. The number of hydrogen-bond donors (Lipinski definition) is 1. The van der Waals surface area contributed by atoms with E-state index in [1.807, 2.05) is 30.3 Å². The van der Waals surface area contributed by atoms with E-state index in [1.165, 1.54) is 0 Å². The Morgan fingerprint density at radius 2 is 1.83 bits per heavy atom. The molecule has 1 spiro atoms. The van der Waals surface area contributed by atoms with Crippen molar-refractivity contribution in [1.82, 2.24) is 24.6 Å². The molecule has 1 N–H and O–H groups in total. The Bertz CT molecular complexity index is 1590. The number of rotatable bonds is 7. The van der Waals surface area contributed by atoms with Gasteiger partial charge in [-0.2, -0.15) is 13.1 Å². The zero-order valence-corrected chi connectivity index (χ0v) is 24.4. The van der Waals surface area contributed by atoms with E-state index >= 15 is 0 Å². The van der Waals surface area contributed by atoms with E-state index in [1.54, 1.807) is 12.3 Å². The molecule has 2 aliphatic heterocycles. The normalized spacial score (nSPS) is 24.3. The molecule has 3 atom stereocenters. The number of fused-ring (bicyclic) bond motifs is 1. The van der Waals surface area contributed by atoms with Crippen LogP contribution in [0.15, 0.2) is 42.6 Å². The summed E-state index contributed by atoms with van der Waals surface area (Å²) >= 11 is 0. The van der Waals surface area contributed by atoms with Crippen molar-refractivity contribution in [1.29, 1.82) is 0 Å². The molecule has 0 radical (unpaired) electrons. The Labute approximate surface area is 243 Å². The topological polar surface area (TPSA) is 118 Å². The standard InChI is InChI=1S/C29H34F2N6O4S/c1-18-14-36(15-19(2)41-18)26-5-3-4-23(35-26)24-7-6-20-13-32-21(10-25(20)34-24)11-27(38)33-22-12-29(8-9-29)17-37(16-22)42(39,40)28(30)31/h3-7,10,13,18-19,22,28H,8-9,11-12,14-17H2,1-2H3,(H,33,38)/t18-,19+,22?. The average molecular weight is 601 g/mol. The molecule has 1 aliphatic carbocycles. The van der Waals surface area contributed by atoms with Crippen LogP contribution in [-0.4, -0.2) is 83.8 Å². The van der Waals surface area contributed by atoms with Gasteiger partial charge in [-0.15, -0.1) is 0 Å². The van der Waals surface area contributed by atoms with Gasteiger partial charge in [0.15, 0.2) is 0 Å². The molecule has 3 aromatic heterocycles. The minimum absolute atomic E-state index is 0.0475. The summed E-state index contributed by atoms with van der Waals surface area (Å²) in [5.74, 6) is -2.97. The van der Waals surface area contributed by atoms with Crippen LogP contribution in [0.1, 0.15) is 38.8 Å². The Balaban J connectivity index is 1.16. The molecule has 3 aliphatic rings. The molecule has 1 unspecified atom stereocenters. The van der Waals surface area contributed by atoms with Crippen LogP contribution in [0.4, 0.5) is 14.6 Å². The monoisotopic (exact) mass is 600 g/mol. The highest BCUT2D eigenvalue weighted by Gasteiger charge is 2.52. The molecule has 6 rings (SSSR count). The first-order valence-corrected chi connectivity index (χ1v) is 15.7. The van der Waals surface area contributed by atoms with E-state index in [9.17, 15) is 22.0 Å².